The Bertz CT molecular complexity index is 1300. The summed E-state index contributed by atoms with van der Waals surface area (Å²) in [6, 6.07) is 13.2. The van der Waals surface area contributed by atoms with E-state index in [-0.39, 0.29) is 11.7 Å². The maximum atomic E-state index is 12.7. The zero-order valence-corrected chi connectivity index (χ0v) is 19.3. The minimum Gasteiger partial charge on any atom is -0.411 e. The van der Waals surface area contributed by atoms with E-state index in [2.05, 4.69) is 10.2 Å². The van der Waals surface area contributed by atoms with Crippen LogP contribution in [-0.4, -0.2) is 50.2 Å². The molecule has 0 bridgehead atoms. The number of thiophene rings is 1. The van der Waals surface area contributed by atoms with E-state index in [1.54, 1.807) is 16.2 Å². The molecule has 0 radical (unpaired) electrons. The second-order valence-electron chi connectivity index (χ2n) is 7.71. The lowest BCUT2D eigenvalue weighted by Gasteiger charge is -2.33. The van der Waals surface area contributed by atoms with Crippen molar-refractivity contribution in [3.8, 4) is 22.0 Å². The summed E-state index contributed by atoms with van der Waals surface area (Å²) in [4.78, 5) is 31.8. The summed E-state index contributed by atoms with van der Waals surface area (Å²) in [5, 5.41) is 11.6. The van der Waals surface area contributed by atoms with Crippen LogP contribution in [0.5, 0.6) is 0 Å². The lowest BCUT2D eigenvalue weighted by molar-refractivity contribution is -0.138. The van der Waals surface area contributed by atoms with Gasteiger partial charge in [-0.1, -0.05) is 36.0 Å². The quantitative estimate of drug-likeness (QED) is 0.416. The highest BCUT2D eigenvalue weighted by Gasteiger charge is 2.30. The molecule has 168 valence electrons. The topological polar surface area (TPSA) is 115 Å². The van der Waals surface area contributed by atoms with Gasteiger partial charge in [-0.05, 0) is 42.8 Å². The number of fused-ring (bicyclic) bond motifs is 1. The Labute approximate surface area is 198 Å². The Hall–Kier alpha value is -3.24. The smallest absolute Gasteiger partial charge is 0.277 e. The van der Waals surface area contributed by atoms with Gasteiger partial charge in [-0.15, -0.1) is 21.5 Å². The number of hydrogen-bond donors (Lipinski definition) is 1. The first-order valence-electron chi connectivity index (χ1n) is 10.6. The standard InChI is InChI=1S/C23H21N5O3S2/c24-21(30)18-8-3-4-10-28(18)20(29)13-33-23-27-26-22(31-23)15-12-17(19-9-5-11-32-19)25-16-7-2-1-6-14(15)16/h1-2,5-7,9,11-12,18H,3-4,8,10,13H2,(H2,24,30)/t18-/m1/s1. The van der Waals surface area contributed by atoms with E-state index in [0.717, 1.165) is 51.6 Å². The highest BCUT2D eigenvalue weighted by molar-refractivity contribution is 7.99. The Morgan fingerprint density at radius 1 is 1.18 bits per heavy atom. The van der Waals surface area contributed by atoms with Crippen molar-refractivity contribution in [2.24, 2.45) is 5.73 Å². The number of para-hydroxylation sites is 1. The molecule has 0 spiro atoms. The summed E-state index contributed by atoms with van der Waals surface area (Å²) in [6.07, 6.45) is 2.37. The average molecular weight is 480 g/mol. The molecule has 2 N–H and O–H groups in total. The van der Waals surface area contributed by atoms with Crippen molar-refractivity contribution in [3.05, 3.63) is 47.8 Å². The van der Waals surface area contributed by atoms with Crippen LogP contribution in [0.4, 0.5) is 0 Å². The zero-order chi connectivity index (χ0) is 22.8. The minimum absolute atomic E-state index is 0.100. The monoisotopic (exact) mass is 479 g/mol. The van der Waals surface area contributed by atoms with Gasteiger partial charge in [0.15, 0.2) is 0 Å². The number of piperidine rings is 1. The van der Waals surface area contributed by atoms with Gasteiger partial charge in [-0.25, -0.2) is 4.98 Å². The van der Waals surface area contributed by atoms with Crippen LogP contribution in [0.3, 0.4) is 0 Å². The number of aromatic nitrogens is 3. The van der Waals surface area contributed by atoms with E-state index in [0.29, 0.717) is 24.1 Å². The molecule has 10 heteroatoms. The lowest BCUT2D eigenvalue weighted by atomic mass is 10.0. The summed E-state index contributed by atoms with van der Waals surface area (Å²) in [7, 11) is 0. The van der Waals surface area contributed by atoms with Gasteiger partial charge < -0.3 is 15.1 Å². The third-order valence-electron chi connectivity index (χ3n) is 5.60. The van der Waals surface area contributed by atoms with E-state index in [1.807, 2.05) is 47.8 Å². The molecule has 1 aromatic carbocycles. The predicted octanol–water partition coefficient (Wildman–Crippen LogP) is 3.97. The molecule has 5 rings (SSSR count). The van der Waals surface area contributed by atoms with Crippen LogP contribution >= 0.6 is 23.1 Å². The molecule has 1 saturated heterocycles. The SMILES string of the molecule is NC(=O)[C@H]1CCCCN1C(=O)CSc1nnc(-c2cc(-c3cccs3)nc3ccccc23)o1. The number of likely N-dealkylation sites (tertiary alicyclic amines) is 1. The molecule has 0 aliphatic carbocycles. The third kappa shape index (κ3) is 4.49. The molecule has 8 nitrogen and oxygen atoms in total. The van der Waals surface area contributed by atoms with E-state index < -0.39 is 11.9 Å². The average Bonchev–Trinajstić information content (AvgIpc) is 3.54. The minimum atomic E-state index is -0.538. The number of nitrogens with zero attached hydrogens (tertiary/aromatic N) is 4. The molecule has 0 saturated carbocycles. The van der Waals surface area contributed by atoms with E-state index in [4.69, 9.17) is 15.1 Å². The first-order chi connectivity index (χ1) is 16.1. The number of pyridine rings is 1. The second-order valence-corrected chi connectivity index (χ2v) is 9.59. The van der Waals surface area contributed by atoms with Crippen molar-refractivity contribution in [1.82, 2.24) is 20.1 Å². The number of carbonyl (C=O) groups is 2. The van der Waals surface area contributed by atoms with Crippen LogP contribution in [0.2, 0.25) is 0 Å². The summed E-state index contributed by atoms with van der Waals surface area (Å²) in [6.45, 7) is 0.538. The zero-order valence-electron chi connectivity index (χ0n) is 17.6. The molecule has 33 heavy (non-hydrogen) atoms. The molecular formula is C23H21N5O3S2. The first-order valence-corrected chi connectivity index (χ1v) is 12.5. The molecule has 2 amide bonds. The molecular weight excluding hydrogens is 458 g/mol. The van der Waals surface area contributed by atoms with Crippen molar-refractivity contribution < 1.29 is 14.0 Å². The lowest BCUT2D eigenvalue weighted by Crippen LogP contribution is -2.51. The van der Waals surface area contributed by atoms with Gasteiger partial charge in [0.1, 0.15) is 6.04 Å². The van der Waals surface area contributed by atoms with E-state index >= 15 is 0 Å². The van der Waals surface area contributed by atoms with Gasteiger partial charge in [0.25, 0.3) is 5.22 Å². The van der Waals surface area contributed by atoms with Crippen molar-refractivity contribution >= 4 is 45.8 Å². The molecule has 1 aliphatic rings. The number of carbonyl (C=O) groups excluding carboxylic acids is 2. The first kappa shape index (κ1) is 21.6. The van der Waals surface area contributed by atoms with E-state index in [9.17, 15) is 9.59 Å². The van der Waals surface area contributed by atoms with Gasteiger partial charge in [-0.3, -0.25) is 9.59 Å². The molecule has 4 heterocycles. The Kier molecular flexibility index (Phi) is 6.10. The predicted molar refractivity (Wildman–Crippen MR) is 128 cm³/mol. The van der Waals surface area contributed by atoms with Crippen LogP contribution in [0.1, 0.15) is 19.3 Å². The van der Waals surface area contributed by atoms with Crippen molar-refractivity contribution in [1.29, 1.82) is 0 Å². The van der Waals surface area contributed by atoms with Crippen LogP contribution in [0.15, 0.2) is 57.5 Å². The summed E-state index contributed by atoms with van der Waals surface area (Å²) >= 11 is 2.77. The summed E-state index contributed by atoms with van der Waals surface area (Å²) in [5.74, 6) is -0.144. The number of rotatable bonds is 6. The Morgan fingerprint density at radius 3 is 2.88 bits per heavy atom. The molecule has 1 atom stereocenters. The Balaban J connectivity index is 1.38. The van der Waals surface area contributed by atoms with Crippen LogP contribution in [0, 0.1) is 0 Å². The van der Waals surface area contributed by atoms with Crippen molar-refractivity contribution in [3.63, 3.8) is 0 Å². The maximum absolute atomic E-state index is 12.7. The van der Waals surface area contributed by atoms with Crippen LogP contribution < -0.4 is 5.73 Å². The number of benzene rings is 1. The Morgan fingerprint density at radius 2 is 2.06 bits per heavy atom. The largest absolute Gasteiger partial charge is 0.411 e. The van der Waals surface area contributed by atoms with Gasteiger partial charge >= 0.3 is 0 Å². The van der Waals surface area contributed by atoms with Gasteiger partial charge in [0, 0.05) is 11.9 Å². The maximum Gasteiger partial charge on any atom is 0.277 e. The molecule has 4 aromatic rings. The second kappa shape index (κ2) is 9.32. The summed E-state index contributed by atoms with van der Waals surface area (Å²) in [5.41, 5.74) is 7.94. The molecule has 1 aliphatic heterocycles. The summed E-state index contributed by atoms with van der Waals surface area (Å²) < 4.78 is 5.92. The van der Waals surface area contributed by atoms with Crippen molar-refractivity contribution in [2.45, 2.75) is 30.5 Å². The molecule has 0 unspecified atom stereocenters. The van der Waals surface area contributed by atoms with Gasteiger partial charge in [0.05, 0.1) is 27.4 Å². The number of nitrogens with two attached hydrogens (primary N) is 1. The highest BCUT2D eigenvalue weighted by atomic mass is 32.2. The molecule has 3 aromatic heterocycles. The van der Waals surface area contributed by atoms with Crippen LogP contribution in [-0.2, 0) is 9.59 Å². The van der Waals surface area contributed by atoms with Crippen LogP contribution in [0.25, 0.3) is 32.9 Å². The van der Waals surface area contributed by atoms with Crippen molar-refractivity contribution in [2.75, 3.05) is 12.3 Å². The highest BCUT2D eigenvalue weighted by Crippen LogP contribution is 2.34. The van der Waals surface area contributed by atoms with E-state index in [1.165, 1.54) is 0 Å². The number of hydrogen-bond acceptors (Lipinski definition) is 8. The fourth-order valence-corrected chi connectivity index (χ4v) is 5.35. The fourth-order valence-electron chi connectivity index (χ4n) is 4.01. The van der Waals surface area contributed by atoms with Gasteiger partial charge in [0.2, 0.25) is 17.7 Å². The van der Waals surface area contributed by atoms with Gasteiger partial charge in [-0.2, -0.15) is 0 Å². The normalized spacial score (nSPS) is 16.2. The number of amides is 2. The fraction of sp³-hybridized carbons (Fsp3) is 0.261. The number of thioether (sulfide) groups is 1. The molecule has 1 fully saturated rings. The third-order valence-corrected chi connectivity index (χ3v) is 7.29. The number of primary amides is 1.